The molecular weight excluding hydrogens is 429 g/mol. The van der Waals surface area contributed by atoms with Gasteiger partial charge in [0.1, 0.15) is 6.04 Å². The van der Waals surface area contributed by atoms with Crippen LogP contribution in [0.15, 0.2) is 36.4 Å². The molecule has 2 aromatic rings. The number of halogens is 4. The fourth-order valence-electron chi connectivity index (χ4n) is 2.98. The summed E-state index contributed by atoms with van der Waals surface area (Å²) >= 11 is 5.64. The Balaban J connectivity index is 2.44. The average Bonchev–Trinajstić information content (AvgIpc) is 2.53. The van der Waals surface area contributed by atoms with Crippen molar-refractivity contribution < 1.29 is 26.4 Å². The maximum absolute atomic E-state index is 13.3. The number of sulfonamides is 1. The molecule has 1 N–H and O–H groups in total. The van der Waals surface area contributed by atoms with Crippen molar-refractivity contribution in [3.8, 4) is 0 Å². The predicted octanol–water partition coefficient (Wildman–Crippen LogP) is 4.77. The van der Waals surface area contributed by atoms with Crippen molar-refractivity contribution in [1.29, 1.82) is 0 Å². The average molecular weight is 449 g/mol. The molecule has 0 aliphatic heterocycles. The molecule has 0 heterocycles. The van der Waals surface area contributed by atoms with E-state index in [-0.39, 0.29) is 10.7 Å². The van der Waals surface area contributed by atoms with Crippen LogP contribution in [0.5, 0.6) is 0 Å². The van der Waals surface area contributed by atoms with Gasteiger partial charge >= 0.3 is 6.18 Å². The van der Waals surface area contributed by atoms with E-state index in [9.17, 15) is 26.4 Å². The minimum absolute atomic E-state index is 0.142. The Labute approximate surface area is 172 Å². The minimum atomic E-state index is -4.75. The van der Waals surface area contributed by atoms with E-state index in [1.54, 1.807) is 26.0 Å². The van der Waals surface area contributed by atoms with E-state index in [0.29, 0.717) is 6.07 Å². The lowest BCUT2D eigenvalue weighted by Gasteiger charge is -2.29. The number of carbonyl (C=O) groups is 1. The fourth-order valence-corrected chi connectivity index (χ4v) is 4.31. The van der Waals surface area contributed by atoms with Gasteiger partial charge in [0.05, 0.1) is 23.2 Å². The van der Waals surface area contributed by atoms with Crippen LogP contribution in [-0.4, -0.2) is 26.6 Å². The van der Waals surface area contributed by atoms with Gasteiger partial charge in [-0.2, -0.15) is 13.2 Å². The monoisotopic (exact) mass is 448 g/mol. The molecule has 0 aliphatic carbocycles. The number of hydrogen-bond donors (Lipinski definition) is 1. The minimum Gasteiger partial charge on any atom is -0.324 e. The Hall–Kier alpha value is -2.26. The lowest BCUT2D eigenvalue weighted by Crippen LogP contribution is -2.45. The van der Waals surface area contributed by atoms with Crippen LogP contribution in [0.3, 0.4) is 0 Å². The number of carbonyl (C=O) groups excluding carboxylic acids is 1. The number of amides is 1. The topological polar surface area (TPSA) is 66.5 Å². The first-order chi connectivity index (χ1) is 13.2. The van der Waals surface area contributed by atoms with E-state index in [1.165, 1.54) is 13.0 Å². The van der Waals surface area contributed by atoms with Gasteiger partial charge in [-0.25, -0.2) is 8.42 Å². The summed E-state index contributed by atoms with van der Waals surface area (Å²) in [6, 6.07) is 6.62. The zero-order valence-corrected chi connectivity index (χ0v) is 17.7. The molecule has 0 bridgehead atoms. The van der Waals surface area contributed by atoms with Gasteiger partial charge in [-0.3, -0.25) is 9.10 Å². The molecule has 2 rings (SSSR count). The van der Waals surface area contributed by atoms with E-state index < -0.39 is 39.4 Å². The molecule has 1 amide bonds. The van der Waals surface area contributed by atoms with Crippen molar-refractivity contribution in [3.63, 3.8) is 0 Å². The molecule has 0 aliphatic rings. The number of nitrogens with one attached hydrogen (secondary N) is 1. The second kappa shape index (κ2) is 8.23. The summed E-state index contributed by atoms with van der Waals surface area (Å²) in [4.78, 5) is 12.7. The molecular formula is C19H20ClF3N2O3S. The maximum Gasteiger partial charge on any atom is 0.418 e. The highest BCUT2D eigenvalue weighted by Crippen LogP contribution is 2.36. The van der Waals surface area contributed by atoms with Crippen molar-refractivity contribution in [2.24, 2.45) is 0 Å². The van der Waals surface area contributed by atoms with E-state index in [0.717, 1.165) is 27.8 Å². The summed E-state index contributed by atoms with van der Waals surface area (Å²) < 4.78 is 65.4. The van der Waals surface area contributed by atoms with Gasteiger partial charge in [-0.1, -0.05) is 17.7 Å². The number of aryl methyl sites for hydroxylation is 2. The molecule has 158 valence electrons. The number of anilines is 2. The van der Waals surface area contributed by atoms with E-state index >= 15 is 0 Å². The molecule has 0 fully saturated rings. The lowest BCUT2D eigenvalue weighted by molar-refractivity contribution is -0.137. The largest absolute Gasteiger partial charge is 0.418 e. The van der Waals surface area contributed by atoms with Crippen LogP contribution in [0.2, 0.25) is 5.02 Å². The molecule has 2 aromatic carbocycles. The Morgan fingerprint density at radius 1 is 1.10 bits per heavy atom. The number of hydrogen-bond acceptors (Lipinski definition) is 3. The van der Waals surface area contributed by atoms with E-state index in [2.05, 4.69) is 5.32 Å². The van der Waals surface area contributed by atoms with Crippen LogP contribution < -0.4 is 9.62 Å². The van der Waals surface area contributed by atoms with Gasteiger partial charge in [0.15, 0.2) is 0 Å². The summed E-state index contributed by atoms with van der Waals surface area (Å²) in [5.74, 6) is -0.914. The number of benzene rings is 2. The fraction of sp³-hybridized carbons (Fsp3) is 0.316. The van der Waals surface area contributed by atoms with Crippen molar-refractivity contribution >= 4 is 38.9 Å². The number of rotatable bonds is 5. The first kappa shape index (κ1) is 23.0. The standard InChI is InChI=1S/C19H20ClF3N2O3S/c1-11-7-12(2)9-15(8-11)25(29(4,27)28)13(3)18(26)24-17-6-5-14(20)10-16(17)19(21,22)23/h5-10,13H,1-4H3,(H,24,26)/t13-/m1/s1. The highest BCUT2D eigenvalue weighted by molar-refractivity contribution is 7.92. The normalized spacial score (nSPS) is 13.1. The van der Waals surface area contributed by atoms with Crippen LogP contribution in [0.4, 0.5) is 24.5 Å². The highest BCUT2D eigenvalue weighted by atomic mass is 35.5. The van der Waals surface area contributed by atoms with Crippen molar-refractivity contribution in [3.05, 3.63) is 58.1 Å². The van der Waals surface area contributed by atoms with E-state index in [1.807, 2.05) is 6.07 Å². The Morgan fingerprint density at radius 3 is 2.14 bits per heavy atom. The second-order valence-electron chi connectivity index (χ2n) is 6.76. The lowest BCUT2D eigenvalue weighted by atomic mass is 10.1. The molecule has 0 radical (unpaired) electrons. The third-order valence-corrected chi connectivity index (χ3v) is 5.57. The van der Waals surface area contributed by atoms with Gasteiger partial charge < -0.3 is 5.32 Å². The predicted molar refractivity (Wildman–Crippen MR) is 108 cm³/mol. The van der Waals surface area contributed by atoms with Gasteiger partial charge in [-0.05, 0) is 62.2 Å². The highest BCUT2D eigenvalue weighted by Gasteiger charge is 2.36. The Morgan fingerprint density at radius 2 is 1.66 bits per heavy atom. The molecule has 29 heavy (non-hydrogen) atoms. The van der Waals surface area contributed by atoms with Crippen LogP contribution in [-0.2, 0) is 21.0 Å². The zero-order valence-electron chi connectivity index (χ0n) is 16.1. The van der Waals surface area contributed by atoms with Crippen LogP contribution in [0.25, 0.3) is 0 Å². The smallest absolute Gasteiger partial charge is 0.324 e. The third-order valence-electron chi connectivity index (χ3n) is 4.09. The summed E-state index contributed by atoms with van der Waals surface area (Å²) in [5, 5.41) is 2.03. The number of nitrogens with zero attached hydrogens (tertiary/aromatic N) is 1. The molecule has 10 heteroatoms. The second-order valence-corrected chi connectivity index (χ2v) is 9.05. The van der Waals surface area contributed by atoms with Crippen molar-refractivity contribution in [2.75, 3.05) is 15.9 Å². The summed E-state index contributed by atoms with van der Waals surface area (Å²) in [5.41, 5.74) is 0.173. The van der Waals surface area contributed by atoms with Crippen molar-refractivity contribution in [1.82, 2.24) is 0 Å². The van der Waals surface area contributed by atoms with Gasteiger partial charge in [-0.15, -0.1) is 0 Å². The quantitative estimate of drug-likeness (QED) is 0.716. The number of alkyl halides is 3. The first-order valence-corrected chi connectivity index (χ1v) is 10.7. The molecule has 0 aromatic heterocycles. The van der Waals surface area contributed by atoms with Crippen LogP contribution in [0.1, 0.15) is 23.6 Å². The van der Waals surface area contributed by atoms with Crippen LogP contribution >= 0.6 is 11.6 Å². The summed E-state index contributed by atoms with van der Waals surface area (Å²) in [6.07, 6.45) is -3.82. The Bertz CT molecular complexity index is 1020. The summed E-state index contributed by atoms with van der Waals surface area (Å²) in [7, 11) is -3.90. The molecule has 0 saturated carbocycles. The van der Waals surface area contributed by atoms with Gasteiger partial charge in [0.2, 0.25) is 15.9 Å². The van der Waals surface area contributed by atoms with E-state index in [4.69, 9.17) is 11.6 Å². The molecule has 0 unspecified atom stereocenters. The van der Waals surface area contributed by atoms with Gasteiger partial charge in [0.25, 0.3) is 0 Å². The molecule has 1 atom stereocenters. The molecule has 0 spiro atoms. The molecule has 0 saturated heterocycles. The maximum atomic E-state index is 13.3. The summed E-state index contributed by atoms with van der Waals surface area (Å²) in [6.45, 7) is 4.84. The SMILES string of the molecule is Cc1cc(C)cc(N([C@H](C)C(=O)Nc2ccc(Cl)cc2C(F)(F)F)S(C)(=O)=O)c1. The first-order valence-electron chi connectivity index (χ1n) is 8.45. The molecule has 5 nitrogen and oxygen atoms in total. The zero-order chi connectivity index (χ0) is 22.1. The van der Waals surface area contributed by atoms with Crippen molar-refractivity contribution in [2.45, 2.75) is 33.0 Å². The van der Waals surface area contributed by atoms with Gasteiger partial charge in [0, 0.05) is 5.02 Å². The third kappa shape index (κ3) is 5.63. The van der Waals surface area contributed by atoms with Crippen LogP contribution in [0, 0.1) is 13.8 Å². The Kier molecular flexibility index (Phi) is 6.54.